The molecule has 0 aliphatic carbocycles. The summed E-state index contributed by atoms with van der Waals surface area (Å²) in [6.45, 7) is 3.80. The summed E-state index contributed by atoms with van der Waals surface area (Å²) in [5, 5.41) is 25.3. The van der Waals surface area contributed by atoms with Crippen molar-refractivity contribution in [1.82, 2.24) is 16.0 Å². The van der Waals surface area contributed by atoms with Gasteiger partial charge in [0.1, 0.15) is 18.1 Å². The SMILES string of the molecule is CCC(C)C(N)C(=O)NC(CS)C(=O)NC(CCCN=C(N)N)C(=O)NC(CCC(=O)O)C(=O)O. The molecule has 5 unspecified atom stereocenters. The van der Waals surface area contributed by atoms with Gasteiger partial charge in [-0.05, 0) is 25.2 Å². The zero-order valence-electron chi connectivity index (χ0n) is 19.9. The van der Waals surface area contributed by atoms with Crippen molar-refractivity contribution >= 4 is 48.2 Å². The number of hydrogen-bond acceptors (Lipinski definition) is 8. The number of carboxylic acid groups (broad SMARTS) is 2. The average molecular weight is 520 g/mol. The average Bonchev–Trinajstić information content (AvgIpc) is 2.79. The van der Waals surface area contributed by atoms with E-state index < -0.39 is 60.2 Å². The third-order valence-corrected chi connectivity index (χ3v) is 5.58. The maximum absolute atomic E-state index is 12.8. The highest BCUT2D eigenvalue weighted by Crippen LogP contribution is 2.07. The third-order valence-electron chi connectivity index (χ3n) is 5.22. The van der Waals surface area contributed by atoms with Crippen LogP contribution in [0.5, 0.6) is 0 Å². The molecule has 0 bridgehead atoms. The second-order valence-electron chi connectivity index (χ2n) is 8.00. The van der Waals surface area contributed by atoms with Crippen LogP contribution in [0, 0.1) is 5.92 Å². The maximum atomic E-state index is 12.8. The van der Waals surface area contributed by atoms with Crippen molar-refractivity contribution in [1.29, 1.82) is 0 Å². The Bertz CT molecular complexity index is 777. The van der Waals surface area contributed by atoms with E-state index in [-0.39, 0.29) is 43.4 Å². The van der Waals surface area contributed by atoms with Crippen LogP contribution >= 0.6 is 12.6 Å². The molecule has 11 N–H and O–H groups in total. The first-order valence-corrected chi connectivity index (χ1v) is 11.7. The normalized spacial score (nSPS) is 15.0. The molecule has 5 atom stereocenters. The van der Waals surface area contributed by atoms with Crippen LogP contribution in [0.4, 0.5) is 0 Å². The minimum Gasteiger partial charge on any atom is -0.481 e. The van der Waals surface area contributed by atoms with Crippen molar-refractivity contribution in [3.63, 3.8) is 0 Å². The lowest BCUT2D eigenvalue weighted by Gasteiger charge is -2.25. The molecule has 0 spiro atoms. The summed E-state index contributed by atoms with van der Waals surface area (Å²) in [5.41, 5.74) is 16.4. The van der Waals surface area contributed by atoms with E-state index in [4.69, 9.17) is 22.3 Å². The monoisotopic (exact) mass is 519 g/mol. The molecule has 0 aliphatic heterocycles. The van der Waals surface area contributed by atoms with Crippen molar-refractivity contribution in [3.8, 4) is 0 Å². The predicted octanol–water partition coefficient (Wildman–Crippen LogP) is -2.25. The molecule has 0 fully saturated rings. The second kappa shape index (κ2) is 16.5. The van der Waals surface area contributed by atoms with Gasteiger partial charge in [-0.1, -0.05) is 20.3 Å². The molecule has 200 valence electrons. The number of nitrogens with one attached hydrogen (secondary N) is 3. The van der Waals surface area contributed by atoms with Gasteiger partial charge < -0.3 is 43.4 Å². The van der Waals surface area contributed by atoms with Crippen LogP contribution in [0.1, 0.15) is 46.0 Å². The van der Waals surface area contributed by atoms with E-state index in [1.54, 1.807) is 6.92 Å². The summed E-state index contributed by atoms with van der Waals surface area (Å²) in [7, 11) is 0. The van der Waals surface area contributed by atoms with Gasteiger partial charge in [0.15, 0.2) is 5.96 Å². The molecule has 0 aromatic carbocycles. The Morgan fingerprint density at radius 3 is 1.94 bits per heavy atom. The second-order valence-corrected chi connectivity index (χ2v) is 8.36. The first-order valence-electron chi connectivity index (χ1n) is 11.1. The quantitative estimate of drug-likeness (QED) is 0.0431. The van der Waals surface area contributed by atoms with E-state index in [0.29, 0.717) is 6.42 Å². The van der Waals surface area contributed by atoms with Crippen molar-refractivity contribution in [2.45, 2.75) is 70.1 Å². The fraction of sp³-hybridized carbons (Fsp3) is 0.700. The lowest BCUT2D eigenvalue weighted by molar-refractivity contribution is -0.143. The molecule has 14 nitrogen and oxygen atoms in total. The van der Waals surface area contributed by atoms with Gasteiger partial charge in [-0.2, -0.15) is 12.6 Å². The van der Waals surface area contributed by atoms with Crippen LogP contribution in [0.25, 0.3) is 0 Å². The minimum absolute atomic E-state index is 0.0270. The number of thiol groups is 1. The smallest absolute Gasteiger partial charge is 0.326 e. The van der Waals surface area contributed by atoms with E-state index in [9.17, 15) is 29.1 Å². The Kier molecular flexibility index (Phi) is 15.1. The first kappa shape index (κ1) is 31.9. The number of rotatable bonds is 17. The number of nitrogens with two attached hydrogens (primary N) is 3. The van der Waals surface area contributed by atoms with E-state index in [1.807, 2.05) is 6.92 Å². The van der Waals surface area contributed by atoms with Gasteiger partial charge in [0.05, 0.1) is 6.04 Å². The largest absolute Gasteiger partial charge is 0.481 e. The van der Waals surface area contributed by atoms with Crippen molar-refractivity contribution in [2.75, 3.05) is 12.3 Å². The Morgan fingerprint density at radius 2 is 1.46 bits per heavy atom. The number of carboxylic acids is 2. The maximum Gasteiger partial charge on any atom is 0.326 e. The zero-order valence-corrected chi connectivity index (χ0v) is 20.8. The Morgan fingerprint density at radius 1 is 0.914 bits per heavy atom. The number of carbonyl (C=O) groups excluding carboxylic acids is 3. The number of hydrogen-bond donors (Lipinski definition) is 9. The number of carbonyl (C=O) groups is 5. The van der Waals surface area contributed by atoms with Gasteiger partial charge in [0, 0.05) is 18.7 Å². The van der Waals surface area contributed by atoms with Gasteiger partial charge >= 0.3 is 11.9 Å². The molecule has 0 aromatic heterocycles. The highest BCUT2D eigenvalue weighted by atomic mass is 32.1. The molecular weight excluding hydrogens is 482 g/mol. The zero-order chi connectivity index (χ0) is 27.1. The number of amides is 3. The van der Waals surface area contributed by atoms with Crippen LogP contribution in [-0.2, 0) is 24.0 Å². The topological polar surface area (TPSA) is 252 Å². The number of nitrogens with zero attached hydrogens (tertiary/aromatic N) is 1. The summed E-state index contributed by atoms with van der Waals surface area (Å²) in [4.78, 5) is 64.0. The van der Waals surface area contributed by atoms with Crippen LogP contribution in [0.3, 0.4) is 0 Å². The van der Waals surface area contributed by atoms with Gasteiger partial charge in [-0.25, -0.2) is 4.79 Å². The van der Waals surface area contributed by atoms with Gasteiger partial charge in [0.2, 0.25) is 17.7 Å². The predicted molar refractivity (Wildman–Crippen MR) is 131 cm³/mol. The van der Waals surface area contributed by atoms with E-state index in [1.165, 1.54) is 0 Å². The summed E-state index contributed by atoms with van der Waals surface area (Å²) in [6.07, 6.45) is 0.0903. The molecule has 0 radical (unpaired) electrons. The highest BCUT2D eigenvalue weighted by molar-refractivity contribution is 7.80. The Labute approximate surface area is 209 Å². The summed E-state index contributed by atoms with van der Waals surface area (Å²) < 4.78 is 0. The molecular formula is C20H37N7O7S. The van der Waals surface area contributed by atoms with Crippen LogP contribution in [0.15, 0.2) is 4.99 Å². The number of guanidine groups is 1. The summed E-state index contributed by atoms with van der Waals surface area (Å²) >= 11 is 4.09. The van der Waals surface area contributed by atoms with Crippen molar-refractivity contribution < 1.29 is 34.2 Å². The van der Waals surface area contributed by atoms with Crippen LogP contribution in [0.2, 0.25) is 0 Å². The van der Waals surface area contributed by atoms with Gasteiger partial charge in [-0.3, -0.25) is 24.2 Å². The van der Waals surface area contributed by atoms with Gasteiger partial charge in [0.25, 0.3) is 0 Å². The third kappa shape index (κ3) is 12.8. The molecule has 35 heavy (non-hydrogen) atoms. The standard InChI is InChI=1S/C20H37N7O7S/c1-3-10(2)15(21)18(32)27-13(9-35)17(31)25-11(5-4-8-24-20(22)23)16(30)26-12(19(33)34)6-7-14(28)29/h10-13,15,35H,3-9,21H2,1-2H3,(H,25,31)(H,26,30)(H,27,32)(H,28,29)(H,33,34)(H4,22,23,24). The number of aliphatic imine (C=N–C) groups is 1. The lowest BCUT2D eigenvalue weighted by Crippen LogP contribution is -2.58. The molecule has 0 rings (SSSR count). The van der Waals surface area contributed by atoms with E-state index in [2.05, 4.69) is 33.6 Å². The lowest BCUT2D eigenvalue weighted by atomic mass is 9.99. The van der Waals surface area contributed by atoms with Crippen molar-refractivity contribution in [3.05, 3.63) is 0 Å². The minimum atomic E-state index is -1.48. The Balaban J connectivity index is 5.46. The van der Waals surface area contributed by atoms with Crippen molar-refractivity contribution in [2.24, 2.45) is 28.1 Å². The van der Waals surface area contributed by atoms with Crippen LogP contribution < -0.4 is 33.2 Å². The van der Waals surface area contributed by atoms with E-state index in [0.717, 1.165) is 0 Å². The molecule has 15 heteroatoms. The molecule has 0 saturated carbocycles. The fourth-order valence-electron chi connectivity index (χ4n) is 2.82. The summed E-state index contributed by atoms with van der Waals surface area (Å²) in [5.74, 6) is -5.17. The van der Waals surface area contributed by atoms with Gasteiger partial charge in [-0.15, -0.1) is 0 Å². The fourth-order valence-corrected chi connectivity index (χ4v) is 3.07. The van der Waals surface area contributed by atoms with E-state index >= 15 is 0 Å². The Hall–Kier alpha value is -3.07. The molecule has 0 aromatic rings. The highest BCUT2D eigenvalue weighted by Gasteiger charge is 2.30. The molecule has 0 saturated heterocycles. The molecule has 3 amide bonds. The summed E-state index contributed by atoms with van der Waals surface area (Å²) in [6, 6.07) is -4.66. The molecule has 0 heterocycles. The molecule has 0 aliphatic rings. The number of aliphatic carboxylic acids is 2. The first-order chi connectivity index (χ1) is 16.3. The van der Waals surface area contributed by atoms with Crippen LogP contribution in [-0.4, -0.2) is 82.3 Å².